The van der Waals surface area contributed by atoms with E-state index in [9.17, 15) is 9.18 Å². The summed E-state index contributed by atoms with van der Waals surface area (Å²) in [6, 6.07) is 6.22. The number of amides is 1. The zero-order valence-corrected chi connectivity index (χ0v) is 16.7. The molecule has 2 atom stereocenters. The number of hydrogen-bond acceptors (Lipinski definition) is 6. The lowest BCUT2D eigenvalue weighted by molar-refractivity contribution is -0.131. The molecule has 1 aliphatic carbocycles. The van der Waals surface area contributed by atoms with Crippen molar-refractivity contribution in [1.82, 2.24) is 15.1 Å². The van der Waals surface area contributed by atoms with Crippen LogP contribution in [-0.4, -0.2) is 39.8 Å². The molecular formula is C19H23FN4OS2. The first-order valence-corrected chi connectivity index (χ1v) is 11.2. The van der Waals surface area contributed by atoms with Gasteiger partial charge in [-0.05, 0) is 42.9 Å². The second-order valence-electron chi connectivity index (χ2n) is 7.23. The molecule has 0 unspecified atom stereocenters. The number of carbonyl (C=O) groups is 1. The van der Waals surface area contributed by atoms with Crippen LogP contribution in [0.15, 0.2) is 28.6 Å². The first-order valence-electron chi connectivity index (χ1n) is 9.44. The third-order valence-electron chi connectivity index (χ3n) is 5.45. The Labute approximate surface area is 166 Å². The number of halogens is 1. The normalized spacial score (nSPS) is 22.3. The van der Waals surface area contributed by atoms with Gasteiger partial charge >= 0.3 is 0 Å². The number of benzene rings is 1. The van der Waals surface area contributed by atoms with Gasteiger partial charge in [-0.1, -0.05) is 48.4 Å². The maximum Gasteiger partial charge on any atom is 0.233 e. The van der Waals surface area contributed by atoms with Crippen molar-refractivity contribution in [3.05, 3.63) is 30.1 Å². The molecule has 1 aromatic heterocycles. The van der Waals surface area contributed by atoms with E-state index < -0.39 is 0 Å². The van der Waals surface area contributed by atoms with Crippen molar-refractivity contribution in [3.8, 4) is 0 Å². The van der Waals surface area contributed by atoms with Crippen LogP contribution in [0.1, 0.15) is 32.1 Å². The van der Waals surface area contributed by atoms with Crippen LogP contribution in [0, 0.1) is 17.7 Å². The SMILES string of the molecule is O=C(CSc1nnc(Nc2cccc(F)c2)s1)N1CC[C@H]2CCCC[C@@H]2C1. The minimum absolute atomic E-state index is 0.193. The number of rotatable bonds is 5. The van der Waals surface area contributed by atoms with Gasteiger partial charge in [-0.3, -0.25) is 4.79 Å². The van der Waals surface area contributed by atoms with E-state index in [1.807, 2.05) is 4.90 Å². The zero-order chi connectivity index (χ0) is 18.6. The quantitative estimate of drug-likeness (QED) is 0.738. The summed E-state index contributed by atoms with van der Waals surface area (Å²) in [7, 11) is 0. The lowest BCUT2D eigenvalue weighted by Gasteiger charge is -2.41. The molecule has 0 radical (unpaired) electrons. The Bertz CT molecular complexity index is 800. The smallest absolute Gasteiger partial charge is 0.233 e. The number of fused-ring (bicyclic) bond motifs is 1. The number of likely N-dealkylation sites (tertiary alicyclic amines) is 1. The molecule has 27 heavy (non-hydrogen) atoms. The third-order valence-corrected chi connectivity index (χ3v) is 7.40. The lowest BCUT2D eigenvalue weighted by atomic mass is 9.75. The Morgan fingerprint density at radius 2 is 2.11 bits per heavy atom. The number of carbonyl (C=O) groups excluding carboxylic acids is 1. The molecule has 2 aromatic rings. The second-order valence-corrected chi connectivity index (χ2v) is 9.43. The number of aromatic nitrogens is 2. The van der Waals surface area contributed by atoms with Gasteiger partial charge in [0, 0.05) is 18.8 Å². The summed E-state index contributed by atoms with van der Waals surface area (Å²) in [5, 5.41) is 11.8. The van der Waals surface area contributed by atoms with E-state index in [2.05, 4.69) is 15.5 Å². The fourth-order valence-corrected chi connectivity index (χ4v) is 5.73. The van der Waals surface area contributed by atoms with Crippen LogP contribution in [0.25, 0.3) is 0 Å². The summed E-state index contributed by atoms with van der Waals surface area (Å²) >= 11 is 2.80. The Kier molecular flexibility index (Phi) is 5.92. The summed E-state index contributed by atoms with van der Waals surface area (Å²) in [5.41, 5.74) is 0.633. The van der Waals surface area contributed by atoms with Crippen LogP contribution in [0.4, 0.5) is 15.2 Å². The van der Waals surface area contributed by atoms with E-state index in [1.165, 1.54) is 60.9 Å². The van der Waals surface area contributed by atoms with Crippen molar-refractivity contribution in [2.24, 2.45) is 11.8 Å². The van der Waals surface area contributed by atoms with E-state index in [1.54, 1.807) is 12.1 Å². The molecular weight excluding hydrogens is 383 g/mol. The molecule has 1 saturated heterocycles. The van der Waals surface area contributed by atoms with Gasteiger partial charge in [0.15, 0.2) is 4.34 Å². The van der Waals surface area contributed by atoms with E-state index in [0.29, 0.717) is 22.5 Å². The highest BCUT2D eigenvalue weighted by Crippen LogP contribution is 2.36. The molecule has 2 heterocycles. The van der Waals surface area contributed by atoms with Crippen LogP contribution >= 0.6 is 23.1 Å². The van der Waals surface area contributed by atoms with Crippen molar-refractivity contribution in [3.63, 3.8) is 0 Å². The van der Waals surface area contributed by atoms with Crippen molar-refractivity contribution in [2.45, 2.75) is 36.4 Å². The maximum atomic E-state index is 13.2. The van der Waals surface area contributed by atoms with Gasteiger partial charge in [0.2, 0.25) is 11.0 Å². The molecule has 1 aliphatic heterocycles. The zero-order valence-electron chi connectivity index (χ0n) is 15.1. The van der Waals surface area contributed by atoms with Crippen molar-refractivity contribution in [1.29, 1.82) is 0 Å². The third kappa shape index (κ3) is 4.79. The van der Waals surface area contributed by atoms with Crippen molar-refractivity contribution in [2.75, 3.05) is 24.2 Å². The Balaban J connectivity index is 1.27. The fraction of sp³-hybridized carbons (Fsp3) is 0.526. The first kappa shape index (κ1) is 18.7. The fourth-order valence-electron chi connectivity index (χ4n) is 4.05. The highest BCUT2D eigenvalue weighted by Gasteiger charge is 2.32. The van der Waals surface area contributed by atoms with Gasteiger partial charge in [-0.2, -0.15) is 0 Å². The van der Waals surface area contributed by atoms with Gasteiger partial charge < -0.3 is 10.2 Å². The highest BCUT2D eigenvalue weighted by molar-refractivity contribution is 8.01. The lowest BCUT2D eigenvalue weighted by Crippen LogP contribution is -2.45. The van der Waals surface area contributed by atoms with Crippen molar-refractivity contribution < 1.29 is 9.18 Å². The van der Waals surface area contributed by atoms with Crippen LogP contribution in [0.3, 0.4) is 0 Å². The maximum absolute atomic E-state index is 13.2. The molecule has 4 rings (SSSR count). The Hall–Kier alpha value is -1.67. The number of nitrogens with zero attached hydrogens (tertiary/aromatic N) is 3. The monoisotopic (exact) mass is 406 g/mol. The Morgan fingerprint density at radius 1 is 1.26 bits per heavy atom. The van der Waals surface area contributed by atoms with Crippen LogP contribution in [0.5, 0.6) is 0 Å². The first-order chi connectivity index (χ1) is 13.2. The van der Waals surface area contributed by atoms with Gasteiger partial charge in [-0.15, -0.1) is 10.2 Å². The number of piperidine rings is 1. The van der Waals surface area contributed by atoms with E-state index in [-0.39, 0.29) is 11.7 Å². The van der Waals surface area contributed by atoms with Gasteiger partial charge in [0.1, 0.15) is 5.82 Å². The molecule has 0 bridgehead atoms. The standard InChI is InChI=1S/C19H23FN4OS2/c20-15-6-3-7-16(10-15)21-18-22-23-19(27-18)26-12-17(25)24-9-8-13-4-1-2-5-14(13)11-24/h3,6-7,10,13-14H,1-2,4-5,8-9,11-12H2,(H,21,22)/t13-,14-/m1/s1. The van der Waals surface area contributed by atoms with Crippen LogP contribution < -0.4 is 5.32 Å². The molecule has 5 nitrogen and oxygen atoms in total. The summed E-state index contributed by atoms with van der Waals surface area (Å²) in [6.07, 6.45) is 6.43. The molecule has 1 saturated carbocycles. The predicted octanol–water partition coefficient (Wildman–Crippen LogP) is 4.55. The largest absolute Gasteiger partial charge is 0.342 e. The predicted molar refractivity (Wildman–Crippen MR) is 107 cm³/mol. The van der Waals surface area contributed by atoms with E-state index in [4.69, 9.17) is 0 Å². The summed E-state index contributed by atoms with van der Waals surface area (Å²) < 4.78 is 14.0. The number of anilines is 2. The number of nitrogens with one attached hydrogen (secondary N) is 1. The van der Waals surface area contributed by atoms with Gasteiger partial charge in [-0.25, -0.2) is 4.39 Å². The average molecular weight is 407 g/mol. The van der Waals surface area contributed by atoms with Gasteiger partial charge in [0.05, 0.1) is 5.75 Å². The molecule has 2 aliphatic rings. The van der Waals surface area contributed by atoms with E-state index in [0.717, 1.165) is 29.8 Å². The molecule has 1 aromatic carbocycles. The molecule has 0 spiro atoms. The molecule has 144 valence electrons. The Morgan fingerprint density at radius 3 is 2.96 bits per heavy atom. The number of hydrogen-bond donors (Lipinski definition) is 1. The summed E-state index contributed by atoms with van der Waals surface area (Å²) in [6.45, 7) is 1.82. The molecule has 1 amide bonds. The highest BCUT2D eigenvalue weighted by atomic mass is 32.2. The number of thioether (sulfide) groups is 1. The topological polar surface area (TPSA) is 58.1 Å². The minimum Gasteiger partial charge on any atom is -0.342 e. The van der Waals surface area contributed by atoms with Crippen LogP contribution in [0.2, 0.25) is 0 Å². The molecule has 1 N–H and O–H groups in total. The van der Waals surface area contributed by atoms with Crippen LogP contribution in [-0.2, 0) is 4.79 Å². The minimum atomic E-state index is -0.300. The second kappa shape index (κ2) is 8.56. The van der Waals surface area contributed by atoms with E-state index >= 15 is 0 Å². The summed E-state index contributed by atoms with van der Waals surface area (Å²) in [5.74, 6) is 1.82. The molecule has 2 fully saturated rings. The van der Waals surface area contributed by atoms with Crippen molar-refractivity contribution >= 4 is 39.8 Å². The average Bonchev–Trinajstić information content (AvgIpc) is 3.13. The summed E-state index contributed by atoms with van der Waals surface area (Å²) in [4.78, 5) is 14.6. The van der Waals surface area contributed by atoms with Gasteiger partial charge in [0.25, 0.3) is 0 Å². The molecule has 8 heteroatoms.